The first-order valence-electron chi connectivity index (χ1n) is 6.25. The summed E-state index contributed by atoms with van der Waals surface area (Å²) >= 11 is 5.92. The van der Waals surface area contributed by atoms with Gasteiger partial charge in [-0.1, -0.05) is 17.7 Å². The summed E-state index contributed by atoms with van der Waals surface area (Å²) in [4.78, 5) is 33.3. The van der Waals surface area contributed by atoms with E-state index in [1.54, 1.807) is 0 Å². The van der Waals surface area contributed by atoms with Gasteiger partial charge in [-0.3, -0.25) is 10.1 Å². The second-order valence-corrected chi connectivity index (χ2v) is 4.89. The van der Waals surface area contributed by atoms with Gasteiger partial charge in [0.25, 0.3) is 5.69 Å². The second kappa shape index (κ2) is 6.45. The highest BCUT2D eigenvalue weighted by Crippen LogP contribution is 2.31. The number of ether oxygens (including phenoxy) is 1. The zero-order chi connectivity index (χ0) is 17.1. The Kier molecular flexibility index (Phi) is 4.61. The maximum Gasteiger partial charge on any atom is 0.339 e. The molecule has 0 heterocycles. The molecule has 0 amide bonds. The van der Waals surface area contributed by atoms with Crippen LogP contribution in [0.15, 0.2) is 36.4 Å². The predicted octanol–water partition coefficient (Wildman–Crippen LogP) is 3.40. The Morgan fingerprint density at radius 3 is 2.43 bits per heavy atom. The Balaban J connectivity index is 2.69. The summed E-state index contributed by atoms with van der Waals surface area (Å²) in [6.45, 7) is 0. The number of nitro benzene ring substituents is 1. The summed E-state index contributed by atoms with van der Waals surface area (Å²) in [5.74, 6) is -1.94. The molecule has 23 heavy (non-hydrogen) atoms. The molecule has 0 saturated heterocycles. The minimum atomic E-state index is -1.25. The number of benzene rings is 2. The van der Waals surface area contributed by atoms with Gasteiger partial charge in [-0.25, -0.2) is 9.59 Å². The van der Waals surface area contributed by atoms with E-state index in [0.717, 1.165) is 18.2 Å². The number of nitro groups is 1. The normalized spacial score (nSPS) is 10.2. The van der Waals surface area contributed by atoms with Crippen molar-refractivity contribution in [1.29, 1.82) is 0 Å². The van der Waals surface area contributed by atoms with Crippen LogP contribution in [-0.2, 0) is 4.74 Å². The molecule has 0 bridgehead atoms. The standard InChI is InChI=1S/C15H10ClNO6/c1-23-15(20)12-6-8(2-5-13(12)16)11-7-9(17(21)22)3-4-10(11)14(18)19/h2-7H,1H3,(H,18,19). The van der Waals surface area contributed by atoms with Crippen LogP contribution in [0.1, 0.15) is 20.7 Å². The van der Waals surface area contributed by atoms with E-state index in [0.29, 0.717) is 5.56 Å². The maximum atomic E-state index is 11.7. The average Bonchev–Trinajstić information content (AvgIpc) is 2.53. The Morgan fingerprint density at radius 1 is 1.17 bits per heavy atom. The number of methoxy groups -OCH3 is 1. The lowest BCUT2D eigenvalue weighted by atomic mass is 9.97. The van der Waals surface area contributed by atoms with Gasteiger partial charge in [-0.2, -0.15) is 0 Å². The van der Waals surface area contributed by atoms with Gasteiger partial charge in [0.05, 0.1) is 28.2 Å². The first-order chi connectivity index (χ1) is 10.8. The minimum Gasteiger partial charge on any atom is -0.478 e. The van der Waals surface area contributed by atoms with Crippen LogP contribution < -0.4 is 0 Å². The van der Waals surface area contributed by atoms with Crippen molar-refractivity contribution in [2.45, 2.75) is 0 Å². The molecular formula is C15H10ClNO6. The Hall–Kier alpha value is -2.93. The number of esters is 1. The zero-order valence-electron chi connectivity index (χ0n) is 11.8. The van der Waals surface area contributed by atoms with Crippen LogP contribution in [-0.4, -0.2) is 29.1 Å². The fourth-order valence-corrected chi connectivity index (χ4v) is 2.23. The summed E-state index contributed by atoms with van der Waals surface area (Å²) in [5.41, 5.74) is 0.0484. The first kappa shape index (κ1) is 16.4. The summed E-state index contributed by atoms with van der Waals surface area (Å²) in [5, 5.41) is 20.3. The van der Waals surface area contributed by atoms with Gasteiger partial charge in [0.1, 0.15) is 0 Å². The van der Waals surface area contributed by atoms with Crippen molar-refractivity contribution in [3.8, 4) is 11.1 Å². The van der Waals surface area contributed by atoms with Crippen molar-refractivity contribution < 1.29 is 24.4 Å². The molecule has 2 aromatic carbocycles. The highest BCUT2D eigenvalue weighted by atomic mass is 35.5. The van der Waals surface area contributed by atoms with E-state index in [9.17, 15) is 24.8 Å². The average molecular weight is 336 g/mol. The highest BCUT2D eigenvalue weighted by Gasteiger charge is 2.19. The fourth-order valence-electron chi connectivity index (χ4n) is 2.03. The second-order valence-electron chi connectivity index (χ2n) is 4.48. The van der Waals surface area contributed by atoms with E-state index in [4.69, 9.17) is 11.6 Å². The largest absolute Gasteiger partial charge is 0.478 e. The minimum absolute atomic E-state index is 0.0366. The van der Waals surface area contributed by atoms with Crippen LogP contribution in [0.5, 0.6) is 0 Å². The molecular weight excluding hydrogens is 326 g/mol. The molecule has 2 aromatic rings. The van der Waals surface area contributed by atoms with Crippen molar-refractivity contribution in [2.24, 2.45) is 0 Å². The third-order valence-electron chi connectivity index (χ3n) is 3.13. The summed E-state index contributed by atoms with van der Waals surface area (Å²) in [7, 11) is 1.18. The Labute approximate surface area is 135 Å². The number of hydrogen-bond donors (Lipinski definition) is 1. The van der Waals surface area contributed by atoms with E-state index in [1.807, 2.05) is 0 Å². The molecule has 0 saturated carbocycles. The molecule has 0 atom stereocenters. The van der Waals surface area contributed by atoms with E-state index in [1.165, 1.54) is 25.3 Å². The molecule has 2 rings (SSSR count). The van der Waals surface area contributed by atoms with E-state index in [2.05, 4.69) is 4.74 Å². The molecule has 0 aliphatic carbocycles. The first-order valence-corrected chi connectivity index (χ1v) is 6.63. The fraction of sp³-hybridized carbons (Fsp3) is 0.0667. The van der Waals surface area contributed by atoms with Gasteiger partial charge in [-0.15, -0.1) is 0 Å². The van der Waals surface area contributed by atoms with E-state index in [-0.39, 0.29) is 27.4 Å². The molecule has 0 spiro atoms. The molecule has 0 fully saturated rings. The van der Waals surface area contributed by atoms with Crippen molar-refractivity contribution in [3.63, 3.8) is 0 Å². The third kappa shape index (κ3) is 3.29. The maximum absolute atomic E-state index is 11.7. The molecule has 0 aliphatic rings. The van der Waals surface area contributed by atoms with Gasteiger partial charge in [-0.05, 0) is 23.8 Å². The zero-order valence-corrected chi connectivity index (χ0v) is 12.5. The van der Waals surface area contributed by atoms with Crippen LogP contribution in [0.2, 0.25) is 5.02 Å². The molecule has 118 valence electrons. The Morgan fingerprint density at radius 2 is 1.87 bits per heavy atom. The van der Waals surface area contributed by atoms with Crippen molar-refractivity contribution >= 4 is 29.2 Å². The number of rotatable bonds is 4. The highest BCUT2D eigenvalue weighted by molar-refractivity contribution is 6.33. The van der Waals surface area contributed by atoms with E-state index < -0.39 is 16.9 Å². The van der Waals surface area contributed by atoms with Crippen molar-refractivity contribution in [2.75, 3.05) is 7.11 Å². The number of hydrogen-bond acceptors (Lipinski definition) is 5. The number of nitrogens with zero attached hydrogens (tertiary/aromatic N) is 1. The summed E-state index contributed by atoms with van der Waals surface area (Å²) in [6.07, 6.45) is 0. The number of carboxylic acid groups (broad SMARTS) is 1. The molecule has 0 aromatic heterocycles. The molecule has 7 nitrogen and oxygen atoms in total. The van der Waals surface area contributed by atoms with Crippen LogP contribution in [0, 0.1) is 10.1 Å². The predicted molar refractivity (Wildman–Crippen MR) is 81.8 cm³/mol. The van der Waals surface area contributed by atoms with Gasteiger partial charge >= 0.3 is 11.9 Å². The quantitative estimate of drug-likeness (QED) is 0.521. The van der Waals surface area contributed by atoms with Crippen molar-refractivity contribution in [3.05, 3.63) is 62.7 Å². The SMILES string of the molecule is COC(=O)c1cc(-c2cc([N+](=O)[O-])ccc2C(=O)O)ccc1Cl. The van der Waals surface area contributed by atoms with Gasteiger partial charge < -0.3 is 9.84 Å². The number of carboxylic acids is 1. The third-order valence-corrected chi connectivity index (χ3v) is 3.46. The topological polar surface area (TPSA) is 107 Å². The smallest absolute Gasteiger partial charge is 0.339 e. The van der Waals surface area contributed by atoms with Gasteiger partial charge in [0, 0.05) is 17.7 Å². The van der Waals surface area contributed by atoms with Gasteiger partial charge in [0.2, 0.25) is 0 Å². The lowest BCUT2D eigenvalue weighted by molar-refractivity contribution is -0.384. The van der Waals surface area contributed by atoms with Crippen LogP contribution in [0.3, 0.4) is 0 Å². The lowest BCUT2D eigenvalue weighted by Gasteiger charge is -2.09. The number of carbonyl (C=O) groups excluding carboxylic acids is 1. The van der Waals surface area contributed by atoms with Crippen molar-refractivity contribution in [1.82, 2.24) is 0 Å². The number of carbonyl (C=O) groups is 2. The molecule has 0 unspecified atom stereocenters. The number of aromatic carboxylic acids is 1. The van der Waals surface area contributed by atoms with Crippen LogP contribution >= 0.6 is 11.6 Å². The monoisotopic (exact) mass is 335 g/mol. The summed E-state index contributed by atoms with van der Waals surface area (Å²) < 4.78 is 4.60. The number of halogens is 1. The number of non-ortho nitro benzene ring substituents is 1. The molecule has 0 aliphatic heterocycles. The Bertz CT molecular complexity index is 818. The molecule has 8 heteroatoms. The molecule has 0 radical (unpaired) electrons. The summed E-state index contributed by atoms with van der Waals surface area (Å²) in [6, 6.07) is 7.58. The van der Waals surface area contributed by atoms with Gasteiger partial charge in [0.15, 0.2) is 0 Å². The van der Waals surface area contributed by atoms with E-state index >= 15 is 0 Å². The van der Waals surface area contributed by atoms with Crippen LogP contribution in [0.25, 0.3) is 11.1 Å². The van der Waals surface area contributed by atoms with Crippen LogP contribution in [0.4, 0.5) is 5.69 Å². The lowest BCUT2D eigenvalue weighted by Crippen LogP contribution is -2.04. The molecule has 1 N–H and O–H groups in total.